The van der Waals surface area contributed by atoms with Crippen LogP contribution in [-0.2, 0) is 28.7 Å². The highest BCUT2D eigenvalue weighted by atomic mass is 16.6. The van der Waals surface area contributed by atoms with Gasteiger partial charge in [0.25, 0.3) is 5.41 Å². The van der Waals surface area contributed by atoms with E-state index < -0.39 is 34.9 Å². The van der Waals surface area contributed by atoms with E-state index in [1.165, 1.54) is 57.4 Å². The minimum absolute atomic E-state index is 0.664. The largest absolute Gasteiger partial charge is 0.480 e. The third-order valence-corrected chi connectivity index (χ3v) is 5.31. The Labute approximate surface area is 190 Å². The number of esters is 2. The van der Waals surface area contributed by atoms with Gasteiger partial charge >= 0.3 is 23.9 Å². The minimum atomic E-state index is -3.10. The summed E-state index contributed by atoms with van der Waals surface area (Å²) in [6.07, 6.45) is 17.9. The number of unbranched alkanes of at least 4 members (excludes halogenated alkanes) is 11. The molecule has 0 aromatic rings. The summed E-state index contributed by atoms with van der Waals surface area (Å²) < 4.78 is 8.81. The Morgan fingerprint density at radius 2 is 1.19 bits per heavy atom. The molecule has 0 unspecified atom stereocenters. The first-order chi connectivity index (χ1) is 15.3. The summed E-state index contributed by atoms with van der Waals surface area (Å²) in [5.74, 6) is -6.79. The Bertz CT molecular complexity index is 647. The van der Waals surface area contributed by atoms with E-state index in [-0.39, 0.29) is 0 Å². The predicted octanol–water partition coefficient (Wildman–Crippen LogP) is 4.67. The van der Waals surface area contributed by atoms with Gasteiger partial charge in [-0.15, -0.1) is 0 Å². The molecule has 8 nitrogen and oxygen atoms in total. The Kier molecular flexibility index (Phi) is 15.6. The quantitative estimate of drug-likeness (QED) is 0.101. The first-order valence-electron chi connectivity index (χ1n) is 11.3. The van der Waals surface area contributed by atoms with E-state index in [4.69, 9.17) is 0 Å². The van der Waals surface area contributed by atoms with Gasteiger partial charge in [-0.1, -0.05) is 83.3 Å². The van der Waals surface area contributed by atoms with E-state index in [1.54, 1.807) is 6.08 Å². The van der Waals surface area contributed by atoms with Gasteiger partial charge in [0.05, 0.1) is 19.8 Å². The number of aliphatic carboxylic acids is 2. The lowest BCUT2D eigenvalue weighted by atomic mass is 9.79. The molecule has 0 heterocycles. The van der Waals surface area contributed by atoms with Crippen molar-refractivity contribution in [3.63, 3.8) is 0 Å². The molecule has 0 aliphatic heterocycles. The first kappa shape index (κ1) is 29.4. The zero-order valence-corrected chi connectivity index (χ0v) is 19.6. The second kappa shape index (κ2) is 17.0. The van der Waals surface area contributed by atoms with Crippen LogP contribution in [0.3, 0.4) is 0 Å². The van der Waals surface area contributed by atoms with Crippen LogP contribution >= 0.6 is 0 Å². The summed E-state index contributed by atoms with van der Waals surface area (Å²) >= 11 is 0. The van der Waals surface area contributed by atoms with Crippen LogP contribution in [0.1, 0.15) is 84.0 Å². The number of carboxylic acid groups (broad SMARTS) is 2. The molecule has 0 amide bonds. The van der Waals surface area contributed by atoms with Crippen molar-refractivity contribution < 1.29 is 38.9 Å². The molecule has 0 rings (SSSR count). The van der Waals surface area contributed by atoms with Crippen molar-refractivity contribution in [3.8, 4) is 0 Å². The zero-order chi connectivity index (χ0) is 24.4. The van der Waals surface area contributed by atoms with Gasteiger partial charge in [0.2, 0.25) is 0 Å². The average Bonchev–Trinajstić information content (AvgIpc) is 2.77. The van der Waals surface area contributed by atoms with E-state index in [9.17, 15) is 29.4 Å². The maximum Gasteiger partial charge on any atom is 0.339 e. The molecule has 0 spiro atoms. The van der Waals surface area contributed by atoms with Crippen LogP contribution < -0.4 is 0 Å². The van der Waals surface area contributed by atoms with Crippen LogP contribution in [0.25, 0.3) is 0 Å². The molecule has 0 bridgehead atoms. The zero-order valence-electron chi connectivity index (χ0n) is 19.6. The van der Waals surface area contributed by atoms with Crippen LogP contribution in [0.2, 0.25) is 0 Å². The van der Waals surface area contributed by atoms with Gasteiger partial charge in [-0.3, -0.25) is 0 Å². The van der Waals surface area contributed by atoms with Crippen molar-refractivity contribution in [3.05, 3.63) is 23.8 Å². The van der Waals surface area contributed by atoms with Crippen molar-refractivity contribution in [1.82, 2.24) is 0 Å². The number of methoxy groups -OCH3 is 2. The molecule has 0 aliphatic carbocycles. The maximum atomic E-state index is 12.1. The number of rotatable bonds is 18. The fourth-order valence-corrected chi connectivity index (χ4v) is 3.44. The Morgan fingerprint density at radius 1 is 0.750 bits per heavy atom. The number of ether oxygens (including phenoxy) is 2. The second-order valence-electron chi connectivity index (χ2n) is 7.68. The lowest BCUT2D eigenvalue weighted by Gasteiger charge is -2.24. The van der Waals surface area contributed by atoms with Crippen molar-refractivity contribution in [2.24, 2.45) is 5.41 Å². The summed E-state index contributed by atoms with van der Waals surface area (Å²) in [6.45, 7) is 2.21. The lowest BCUT2D eigenvalue weighted by molar-refractivity contribution is -0.177. The van der Waals surface area contributed by atoms with Gasteiger partial charge < -0.3 is 19.7 Å². The molecule has 0 saturated heterocycles. The Morgan fingerprint density at radius 3 is 1.56 bits per heavy atom. The molecule has 0 atom stereocenters. The van der Waals surface area contributed by atoms with Crippen molar-refractivity contribution in [2.75, 3.05) is 14.2 Å². The highest BCUT2D eigenvalue weighted by molar-refractivity contribution is 6.25. The number of carboxylic acids is 2. The molecule has 0 radical (unpaired) electrons. The number of carbonyl (C=O) groups is 4. The molecule has 0 aromatic carbocycles. The van der Waals surface area contributed by atoms with Gasteiger partial charge in [-0.2, -0.15) is 0 Å². The van der Waals surface area contributed by atoms with E-state index >= 15 is 0 Å². The molecule has 182 valence electrons. The standard InChI is InChI=1S/C24H38O8/c1-4-5-6-7-8-9-10-11-12-13-14-15-16-17-18-19(20(25)26)24(21(27)28,22(29)31-2)23(30)32-3/h16-18H,4-15H2,1-3H3,(H,25,26)(H,27,28). The van der Waals surface area contributed by atoms with Crippen LogP contribution in [0.4, 0.5) is 0 Å². The van der Waals surface area contributed by atoms with Gasteiger partial charge in [0.1, 0.15) is 0 Å². The lowest BCUT2D eigenvalue weighted by Crippen LogP contribution is -2.51. The second-order valence-corrected chi connectivity index (χ2v) is 7.68. The molecular weight excluding hydrogens is 416 g/mol. The van der Waals surface area contributed by atoms with Crippen LogP contribution in [-0.4, -0.2) is 48.3 Å². The summed E-state index contributed by atoms with van der Waals surface area (Å²) in [7, 11) is 1.73. The Hall–Kier alpha value is -2.64. The molecule has 8 heteroatoms. The van der Waals surface area contributed by atoms with E-state index in [0.29, 0.717) is 6.42 Å². The number of allylic oxidation sites excluding steroid dienone is 3. The highest BCUT2D eigenvalue weighted by Crippen LogP contribution is 2.32. The van der Waals surface area contributed by atoms with Gasteiger partial charge in [-0.05, 0) is 18.9 Å². The van der Waals surface area contributed by atoms with E-state index in [1.807, 2.05) is 0 Å². The fraction of sp³-hybridized carbons (Fsp3) is 0.667. The predicted molar refractivity (Wildman–Crippen MR) is 120 cm³/mol. The molecule has 2 N–H and O–H groups in total. The average molecular weight is 455 g/mol. The monoisotopic (exact) mass is 454 g/mol. The molecule has 0 aromatic heterocycles. The summed E-state index contributed by atoms with van der Waals surface area (Å²) in [5.41, 5.74) is -4.05. The third-order valence-electron chi connectivity index (χ3n) is 5.31. The number of hydrogen-bond acceptors (Lipinski definition) is 6. The van der Waals surface area contributed by atoms with Gasteiger partial charge in [0.15, 0.2) is 0 Å². The third kappa shape index (κ3) is 9.24. The molecule has 0 saturated carbocycles. The maximum absolute atomic E-state index is 12.1. The summed E-state index contributed by atoms with van der Waals surface area (Å²) in [4.78, 5) is 47.7. The van der Waals surface area contributed by atoms with Gasteiger partial charge in [-0.25, -0.2) is 19.2 Å². The van der Waals surface area contributed by atoms with Gasteiger partial charge in [0, 0.05) is 0 Å². The van der Waals surface area contributed by atoms with Crippen LogP contribution in [0.15, 0.2) is 23.8 Å². The SMILES string of the molecule is CCCCCCCCCCCCCC=CC=C(C(=O)O)C(C(=O)O)(C(=O)OC)C(=O)OC. The van der Waals surface area contributed by atoms with Crippen LogP contribution in [0, 0.1) is 5.41 Å². The number of hydrogen-bond donors (Lipinski definition) is 2. The van der Waals surface area contributed by atoms with Crippen molar-refractivity contribution in [2.45, 2.75) is 84.0 Å². The smallest absolute Gasteiger partial charge is 0.339 e. The van der Waals surface area contributed by atoms with Crippen molar-refractivity contribution in [1.29, 1.82) is 0 Å². The van der Waals surface area contributed by atoms with Crippen LogP contribution in [0.5, 0.6) is 0 Å². The summed E-state index contributed by atoms with van der Waals surface area (Å²) in [5, 5.41) is 19.0. The Balaban J connectivity index is 4.74. The van der Waals surface area contributed by atoms with E-state index in [2.05, 4.69) is 16.4 Å². The highest BCUT2D eigenvalue weighted by Gasteiger charge is 2.61. The number of carbonyl (C=O) groups excluding carboxylic acids is 2. The normalized spacial score (nSPS) is 12.0. The molecular formula is C24H38O8. The topological polar surface area (TPSA) is 127 Å². The van der Waals surface area contributed by atoms with Crippen molar-refractivity contribution >= 4 is 23.9 Å². The molecule has 32 heavy (non-hydrogen) atoms. The molecule has 0 aliphatic rings. The first-order valence-corrected chi connectivity index (χ1v) is 11.3. The summed E-state index contributed by atoms with van der Waals surface area (Å²) in [6, 6.07) is 0. The minimum Gasteiger partial charge on any atom is -0.480 e. The van der Waals surface area contributed by atoms with E-state index in [0.717, 1.165) is 39.6 Å². The molecule has 0 fully saturated rings. The fourth-order valence-electron chi connectivity index (χ4n) is 3.44.